The van der Waals surface area contributed by atoms with E-state index in [1.54, 1.807) is 0 Å². The van der Waals surface area contributed by atoms with Crippen molar-refractivity contribution < 1.29 is 0 Å². The molecule has 0 aliphatic heterocycles. The molecule has 1 aromatic heterocycles. The summed E-state index contributed by atoms with van der Waals surface area (Å²) in [5.41, 5.74) is 6.11. The number of halogens is 1. The predicted octanol–water partition coefficient (Wildman–Crippen LogP) is 5.49. The first-order valence-electron chi connectivity index (χ1n) is 8.44. The summed E-state index contributed by atoms with van der Waals surface area (Å²) < 4.78 is 0. The maximum absolute atomic E-state index is 6.85. The Morgan fingerprint density at radius 1 is 1.33 bits per heavy atom. The Kier molecular flexibility index (Phi) is 3.18. The molecule has 124 valence electrons. The number of alkyl halides is 1. The van der Waals surface area contributed by atoms with E-state index in [2.05, 4.69) is 68.4 Å². The number of rotatable bonds is 2. The van der Waals surface area contributed by atoms with Gasteiger partial charge in [-0.1, -0.05) is 44.6 Å². The van der Waals surface area contributed by atoms with Gasteiger partial charge in [0, 0.05) is 38.9 Å². The molecule has 3 atom stereocenters. The van der Waals surface area contributed by atoms with E-state index in [0.29, 0.717) is 0 Å². The van der Waals surface area contributed by atoms with Crippen molar-refractivity contribution in [3.8, 4) is 0 Å². The van der Waals surface area contributed by atoms with Gasteiger partial charge in [-0.25, -0.2) is 0 Å². The van der Waals surface area contributed by atoms with Gasteiger partial charge in [0.2, 0.25) is 0 Å². The van der Waals surface area contributed by atoms with Crippen molar-refractivity contribution in [3.05, 3.63) is 53.8 Å². The molecule has 1 N–H and O–H groups in total. The van der Waals surface area contributed by atoms with Gasteiger partial charge in [0.25, 0.3) is 0 Å². The number of aliphatic imine (C=N–C) groups is 1. The smallest absolute Gasteiger partial charge is 0.0850 e. The number of benzene rings is 1. The Hall–Kier alpha value is -1.80. The molecule has 1 heterocycles. The molecule has 2 aliphatic rings. The van der Waals surface area contributed by atoms with Crippen LogP contribution >= 0.6 is 11.6 Å². The Balaban J connectivity index is 2.11. The first-order valence-corrected chi connectivity index (χ1v) is 8.88. The highest BCUT2D eigenvalue weighted by Crippen LogP contribution is 2.57. The van der Waals surface area contributed by atoms with Crippen molar-refractivity contribution in [2.24, 2.45) is 10.4 Å². The molecule has 3 heteroatoms. The molecule has 0 bridgehead atoms. The standard InChI is InChI=1S/C21H23ClN2/c1-6-21(4)16(22)10-14-18(19(21)23-5)12-11-24-15-9-7-8-13(17(12)15)20(14,2)3/h6-9,11,16,19,24H,1,5,10H2,2-4H3. The molecule has 24 heavy (non-hydrogen) atoms. The molecule has 0 spiro atoms. The second-order valence-electron chi connectivity index (χ2n) is 7.77. The van der Waals surface area contributed by atoms with Crippen LogP contribution in [0.15, 0.2) is 47.6 Å². The van der Waals surface area contributed by atoms with E-state index in [4.69, 9.17) is 11.6 Å². The van der Waals surface area contributed by atoms with Crippen molar-refractivity contribution in [1.29, 1.82) is 0 Å². The number of nitrogens with zero attached hydrogens (tertiary/aromatic N) is 1. The highest BCUT2D eigenvalue weighted by atomic mass is 35.5. The first-order chi connectivity index (χ1) is 11.4. The number of fused-ring (bicyclic) bond motifs is 1. The lowest BCUT2D eigenvalue weighted by Gasteiger charge is -2.48. The van der Waals surface area contributed by atoms with Crippen molar-refractivity contribution in [3.63, 3.8) is 0 Å². The van der Waals surface area contributed by atoms with Crippen LogP contribution in [0.1, 0.15) is 38.3 Å². The molecule has 0 saturated carbocycles. The molecule has 2 nitrogen and oxygen atoms in total. The maximum Gasteiger partial charge on any atom is 0.0850 e. The van der Waals surface area contributed by atoms with Crippen molar-refractivity contribution >= 4 is 34.8 Å². The molecule has 0 saturated heterocycles. The van der Waals surface area contributed by atoms with Gasteiger partial charge in [-0.3, -0.25) is 4.99 Å². The number of H-pyrrole nitrogens is 1. The molecule has 4 rings (SSSR count). The minimum Gasteiger partial charge on any atom is -0.361 e. The van der Waals surface area contributed by atoms with Crippen LogP contribution in [0.5, 0.6) is 0 Å². The SMILES string of the molecule is C=CC1(C)C(Cl)CC2=C(c3c[nH]c4cccc(c34)C2(C)C)C1N=C. The summed E-state index contributed by atoms with van der Waals surface area (Å²) in [5.74, 6) is 0. The maximum atomic E-state index is 6.85. The van der Waals surface area contributed by atoms with Crippen molar-refractivity contribution in [1.82, 2.24) is 4.98 Å². The van der Waals surface area contributed by atoms with Crippen LogP contribution in [0, 0.1) is 5.41 Å². The van der Waals surface area contributed by atoms with Gasteiger partial charge in [0.15, 0.2) is 0 Å². The quantitative estimate of drug-likeness (QED) is 0.426. The molecule has 1 aromatic carbocycles. The van der Waals surface area contributed by atoms with Crippen LogP contribution in [0.3, 0.4) is 0 Å². The monoisotopic (exact) mass is 338 g/mol. The van der Waals surface area contributed by atoms with E-state index in [1.807, 2.05) is 6.08 Å². The van der Waals surface area contributed by atoms with Crippen LogP contribution in [0.4, 0.5) is 0 Å². The molecular formula is C21H23ClN2. The molecular weight excluding hydrogens is 316 g/mol. The largest absolute Gasteiger partial charge is 0.361 e. The predicted molar refractivity (Wildman–Crippen MR) is 104 cm³/mol. The third kappa shape index (κ3) is 1.70. The highest BCUT2D eigenvalue weighted by Gasteiger charge is 2.50. The van der Waals surface area contributed by atoms with E-state index in [-0.39, 0.29) is 22.2 Å². The third-order valence-electron chi connectivity index (χ3n) is 6.29. The fourth-order valence-corrected chi connectivity index (χ4v) is 5.03. The summed E-state index contributed by atoms with van der Waals surface area (Å²) in [5, 5.41) is 1.28. The number of nitrogens with one attached hydrogen (secondary N) is 1. The molecule has 2 aromatic rings. The average Bonchev–Trinajstić information content (AvgIpc) is 2.99. The minimum absolute atomic E-state index is 0.0387. The Morgan fingerprint density at radius 3 is 2.75 bits per heavy atom. The van der Waals surface area contributed by atoms with E-state index >= 15 is 0 Å². The fraction of sp³-hybridized carbons (Fsp3) is 0.381. The van der Waals surface area contributed by atoms with E-state index < -0.39 is 0 Å². The molecule has 0 amide bonds. The molecule has 2 aliphatic carbocycles. The number of aromatic nitrogens is 1. The summed E-state index contributed by atoms with van der Waals surface area (Å²) in [6.07, 6.45) is 4.93. The van der Waals surface area contributed by atoms with Crippen LogP contribution in [-0.4, -0.2) is 23.1 Å². The minimum atomic E-state index is -0.298. The molecule has 3 unspecified atom stereocenters. The molecule has 0 fully saturated rings. The Morgan fingerprint density at radius 2 is 2.08 bits per heavy atom. The number of allylic oxidation sites excluding steroid dienone is 1. The summed E-state index contributed by atoms with van der Waals surface area (Å²) in [6, 6.07) is 6.43. The van der Waals surface area contributed by atoms with Crippen LogP contribution in [-0.2, 0) is 5.41 Å². The second-order valence-corrected chi connectivity index (χ2v) is 8.30. The van der Waals surface area contributed by atoms with Gasteiger partial charge in [-0.15, -0.1) is 18.2 Å². The Labute approximate surface area is 148 Å². The van der Waals surface area contributed by atoms with Crippen LogP contribution in [0.2, 0.25) is 0 Å². The summed E-state index contributed by atoms with van der Waals surface area (Å²) >= 11 is 6.85. The van der Waals surface area contributed by atoms with Gasteiger partial charge in [0.1, 0.15) is 0 Å². The topological polar surface area (TPSA) is 28.1 Å². The van der Waals surface area contributed by atoms with E-state index in [1.165, 1.54) is 33.2 Å². The zero-order valence-corrected chi connectivity index (χ0v) is 15.2. The van der Waals surface area contributed by atoms with Crippen LogP contribution in [0.25, 0.3) is 16.5 Å². The Bertz CT molecular complexity index is 902. The molecule has 0 radical (unpaired) electrons. The lowest BCUT2D eigenvalue weighted by atomic mass is 9.59. The lowest BCUT2D eigenvalue weighted by molar-refractivity contribution is 0.339. The van der Waals surface area contributed by atoms with Crippen molar-refractivity contribution in [2.75, 3.05) is 0 Å². The summed E-state index contributed by atoms with van der Waals surface area (Å²) in [7, 11) is 0. The fourth-order valence-electron chi connectivity index (χ4n) is 4.67. The normalized spacial score (nSPS) is 31.0. The number of aromatic amines is 1. The van der Waals surface area contributed by atoms with Gasteiger partial charge in [-0.2, -0.15) is 0 Å². The van der Waals surface area contributed by atoms with Crippen molar-refractivity contribution in [2.45, 2.75) is 44.0 Å². The van der Waals surface area contributed by atoms with E-state index in [9.17, 15) is 0 Å². The highest BCUT2D eigenvalue weighted by molar-refractivity contribution is 6.22. The lowest BCUT2D eigenvalue weighted by Crippen LogP contribution is -2.45. The first kappa shape index (κ1) is 15.7. The zero-order valence-electron chi connectivity index (χ0n) is 14.5. The second kappa shape index (κ2) is 4.86. The summed E-state index contributed by atoms with van der Waals surface area (Å²) in [4.78, 5) is 7.97. The average molecular weight is 339 g/mol. The van der Waals surface area contributed by atoms with Gasteiger partial charge < -0.3 is 4.98 Å². The zero-order chi connectivity index (χ0) is 17.3. The summed E-state index contributed by atoms with van der Waals surface area (Å²) in [6.45, 7) is 14.7. The van der Waals surface area contributed by atoms with Crippen LogP contribution < -0.4 is 0 Å². The van der Waals surface area contributed by atoms with Gasteiger partial charge in [-0.05, 0) is 30.3 Å². The third-order valence-corrected chi connectivity index (χ3v) is 6.92. The van der Waals surface area contributed by atoms with E-state index in [0.717, 1.165) is 6.42 Å². The number of hydrogen-bond donors (Lipinski definition) is 1. The number of hydrogen-bond acceptors (Lipinski definition) is 1. The van der Waals surface area contributed by atoms with Gasteiger partial charge >= 0.3 is 0 Å². The van der Waals surface area contributed by atoms with Gasteiger partial charge in [0.05, 0.1) is 6.04 Å².